The Morgan fingerprint density at radius 1 is 1.00 bits per heavy atom. The monoisotopic (exact) mass is 634 g/mol. The van der Waals surface area contributed by atoms with E-state index in [0.29, 0.717) is 42.6 Å². The highest BCUT2D eigenvalue weighted by Gasteiger charge is 2.39. The number of allylic oxidation sites excluding steroid dienone is 1. The third-order valence-corrected chi connectivity index (χ3v) is 8.71. The summed E-state index contributed by atoms with van der Waals surface area (Å²) in [4.78, 5) is 39.9. The summed E-state index contributed by atoms with van der Waals surface area (Å²) in [5, 5.41) is 18.7. The number of nitrogens with one attached hydrogen (secondary N) is 3. The minimum Gasteiger partial charge on any atom is -0.495 e. The van der Waals surface area contributed by atoms with E-state index in [4.69, 9.17) is 16.3 Å². The van der Waals surface area contributed by atoms with Crippen LogP contribution < -0.4 is 25.6 Å². The molecule has 0 aromatic heterocycles. The highest BCUT2D eigenvalue weighted by atomic mass is 35.5. The molecule has 3 aromatic rings. The summed E-state index contributed by atoms with van der Waals surface area (Å²) in [7, 11) is 1.42. The predicted octanol–water partition coefficient (Wildman–Crippen LogP) is 5.30. The summed E-state index contributed by atoms with van der Waals surface area (Å²) in [5.74, 6) is -2.09. The van der Waals surface area contributed by atoms with E-state index in [-0.39, 0.29) is 27.7 Å². The lowest BCUT2D eigenvalue weighted by Gasteiger charge is -2.26. The lowest BCUT2D eigenvalue weighted by molar-refractivity contribution is -0.132. The van der Waals surface area contributed by atoms with Crippen LogP contribution in [0.5, 0.6) is 5.75 Å². The molecule has 0 saturated carbocycles. The molecule has 6 rings (SSSR count). The Balaban J connectivity index is 0.000000598. The van der Waals surface area contributed by atoms with E-state index in [0.717, 1.165) is 56.0 Å². The lowest BCUT2D eigenvalue weighted by Crippen LogP contribution is -2.39. The van der Waals surface area contributed by atoms with E-state index in [9.17, 15) is 23.9 Å². The van der Waals surface area contributed by atoms with Crippen molar-refractivity contribution in [2.24, 2.45) is 5.41 Å². The number of hydrogen-bond acceptors (Lipinski definition) is 6. The summed E-state index contributed by atoms with van der Waals surface area (Å²) >= 11 is 6.07. The van der Waals surface area contributed by atoms with Crippen LogP contribution in [0.4, 0.5) is 15.8 Å². The van der Waals surface area contributed by atoms with E-state index in [2.05, 4.69) is 16.0 Å². The molecule has 1 aliphatic carbocycles. The smallest absolute Gasteiger partial charge is 0.331 e. The molecule has 11 heteroatoms. The fourth-order valence-electron chi connectivity index (χ4n) is 6.01. The number of amides is 2. The number of fused-ring (bicyclic) bond motifs is 1. The van der Waals surface area contributed by atoms with Crippen LogP contribution in [-0.2, 0) is 11.2 Å². The Kier molecular flexibility index (Phi) is 10.2. The number of carboxylic acid groups (broad SMARTS) is 1. The Morgan fingerprint density at radius 3 is 2.40 bits per heavy atom. The van der Waals surface area contributed by atoms with Gasteiger partial charge in [0.05, 0.1) is 23.4 Å². The average molecular weight is 635 g/mol. The molecule has 3 aliphatic rings. The normalized spacial score (nSPS) is 19.0. The molecule has 236 valence electrons. The maximum atomic E-state index is 13.8. The van der Waals surface area contributed by atoms with Gasteiger partial charge in [0, 0.05) is 49.5 Å². The van der Waals surface area contributed by atoms with Gasteiger partial charge in [-0.15, -0.1) is 0 Å². The number of carboxylic acids is 1. The van der Waals surface area contributed by atoms with Gasteiger partial charge in [0.2, 0.25) is 0 Å². The summed E-state index contributed by atoms with van der Waals surface area (Å²) in [5.41, 5.74) is 2.50. The van der Waals surface area contributed by atoms with Crippen LogP contribution in [0.15, 0.2) is 72.3 Å². The largest absolute Gasteiger partial charge is 0.495 e. The number of halogens is 2. The van der Waals surface area contributed by atoms with Crippen LogP contribution in [0.3, 0.4) is 0 Å². The van der Waals surface area contributed by atoms with Crippen molar-refractivity contribution >= 4 is 40.8 Å². The van der Waals surface area contributed by atoms with Crippen molar-refractivity contribution in [1.29, 1.82) is 0 Å². The van der Waals surface area contributed by atoms with Gasteiger partial charge >= 0.3 is 5.97 Å². The van der Waals surface area contributed by atoms with Crippen molar-refractivity contribution in [2.45, 2.75) is 25.7 Å². The Labute approximate surface area is 266 Å². The van der Waals surface area contributed by atoms with Gasteiger partial charge in [0.15, 0.2) is 0 Å². The molecular formula is C34H36ClFN4O5. The fraction of sp³-hybridized carbons (Fsp3) is 0.324. The van der Waals surface area contributed by atoms with Crippen LogP contribution in [0, 0.1) is 11.2 Å². The van der Waals surface area contributed by atoms with Crippen molar-refractivity contribution in [1.82, 2.24) is 10.6 Å². The number of nitrogens with zero attached hydrogens (tertiary/aromatic N) is 1. The van der Waals surface area contributed by atoms with Crippen molar-refractivity contribution in [3.05, 3.63) is 99.8 Å². The first-order valence-electron chi connectivity index (χ1n) is 14.9. The first-order chi connectivity index (χ1) is 21.7. The second-order valence-electron chi connectivity index (χ2n) is 11.3. The van der Waals surface area contributed by atoms with Gasteiger partial charge in [-0.2, -0.15) is 0 Å². The number of para-hydroxylation sites is 1. The number of ether oxygens (including phenoxy) is 1. The zero-order valence-corrected chi connectivity index (χ0v) is 25.8. The number of hydrogen-bond donors (Lipinski definition) is 4. The van der Waals surface area contributed by atoms with E-state index in [1.807, 2.05) is 30.3 Å². The third-order valence-electron chi connectivity index (χ3n) is 8.38. The number of methoxy groups -OCH3 is 1. The standard InChI is InChI=1S/C30H26ClFN2O5.C4H10N2/c1-39-26-14-18(6-9-24(26)33-27(35)22-15-21(32)7-8-23(22)31)28(36)34-13-12-30(11-10-20(17-30)29(37)38)16-19-4-2-3-5-25(19)34;1-2-6-4-3-5-1/h2-9,14-15,17H,10-13,16H2,1H3,(H,33,35)(H,37,38);5-6H,1-4H2/t30-;/m0./s1. The summed E-state index contributed by atoms with van der Waals surface area (Å²) in [6, 6.07) is 15.9. The minimum atomic E-state index is -0.892. The summed E-state index contributed by atoms with van der Waals surface area (Å²) in [6.45, 7) is 4.97. The maximum Gasteiger partial charge on any atom is 0.331 e. The molecule has 0 radical (unpaired) electrons. The number of piperazine rings is 1. The number of anilines is 2. The first kappa shape index (κ1) is 32.2. The zero-order chi connectivity index (χ0) is 32.0. The zero-order valence-electron chi connectivity index (χ0n) is 25.0. The van der Waals surface area contributed by atoms with Gasteiger partial charge < -0.3 is 30.7 Å². The van der Waals surface area contributed by atoms with E-state index >= 15 is 0 Å². The van der Waals surface area contributed by atoms with E-state index in [1.54, 1.807) is 23.1 Å². The predicted molar refractivity (Wildman–Crippen MR) is 172 cm³/mol. The van der Waals surface area contributed by atoms with Crippen LogP contribution in [0.2, 0.25) is 5.02 Å². The molecule has 1 saturated heterocycles. The molecule has 2 aliphatic heterocycles. The van der Waals surface area contributed by atoms with Crippen molar-refractivity contribution in [3.8, 4) is 5.75 Å². The molecule has 45 heavy (non-hydrogen) atoms. The van der Waals surface area contributed by atoms with Crippen LogP contribution in [-0.4, -0.2) is 62.7 Å². The molecule has 1 atom stereocenters. The van der Waals surface area contributed by atoms with Gasteiger partial charge in [-0.3, -0.25) is 9.59 Å². The van der Waals surface area contributed by atoms with E-state index in [1.165, 1.54) is 13.2 Å². The quantitative estimate of drug-likeness (QED) is 0.301. The average Bonchev–Trinajstić information content (AvgIpc) is 3.40. The molecule has 0 bridgehead atoms. The number of rotatable bonds is 5. The van der Waals surface area contributed by atoms with Crippen molar-refractivity contribution in [2.75, 3.05) is 50.1 Å². The Hall–Kier alpha value is -4.25. The molecule has 4 N–H and O–H groups in total. The Morgan fingerprint density at radius 2 is 1.73 bits per heavy atom. The fourth-order valence-corrected chi connectivity index (χ4v) is 6.21. The second-order valence-corrected chi connectivity index (χ2v) is 11.7. The molecule has 3 aromatic carbocycles. The van der Waals surface area contributed by atoms with Crippen molar-refractivity contribution < 1.29 is 28.6 Å². The molecule has 2 amide bonds. The minimum absolute atomic E-state index is 0.0269. The van der Waals surface area contributed by atoms with Gasteiger partial charge in [-0.1, -0.05) is 35.9 Å². The summed E-state index contributed by atoms with van der Waals surface area (Å²) in [6.07, 6.45) is 4.40. The lowest BCUT2D eigenvalue weighted by atomic mass is 9.79. The van der Waals surface area contributed by atoms with Gasteiger partial charge in [-0.05, 0) is 79.1 Å². The second kappa shape index (κ2) is 14.2. The maximum absolute atomic E-state index is 13.8. The molecule has 9 nitrogen and oxygen atoms in total. The topological polar surface area (TPSA) is 120 Å². The molecule has 2 heterocycles. The van der Waals surface area contributed by atoms with Gasteiger partial charge in [0.1, 0.15) is 11.6 Å². The Bertz CT molecular complexity index is 1610. The highest BCUT2D eigenvalue weighted by molar-refractivity contribution is 6.34. The van der Waals surface area contributed by atoms with Crippen LogP contribution in [0.25, 0.3) is 0 Å². The summed E-state index contributed by atoms with van der Waals surface area (Å²) < 4.78 is 19.1. The molecule has 1 spiro atoms. The van der Waals surface area contributed by atoms with Crippen molar-refractivity contribution in [3.63, 3.8) is 0 Å². The van der Waals surface area contributed by atoms with Crippen LogP contribution >= 0.6 is 11.6 Å². The first-order valence-corrected chi connectivity index (χ1v) is 15.3. The van der Waals surface area contributed by atoms with Crippen LogP contribution in [0.1, 0.15) is 45.5 Å². The van der Waals surface area contributed by atoms with Gasteiger partial charge in [0.25, 0.3) is 11.8 Å². The third kappa shape index (κ3) is 7.53. The number of carbonyl (C=O) groups is 3. The number of aliphatic carboxylic acids is 1. The van der Waals surface area contributed by atoms with Gasteiger partial charge in [-0.25, -0.2) is 9.18 Å². The number of benzene rings is 3. The molecular weight excluding hydrogens is 599 g/mol. The number of carbonyl (C=O) groups excluding carboxylic acids is 2. The van der Waals surface area contributed by atoms with E-state index < -0.39 is 17.7 Å². The molecule has 1 fully saturated rings. The highest BCUT2D eigenvalue weighted by Crippen LogP contribution is 2.46. The molecule has 0 unspecified atom stereocenters. The SMILES string of the molecule is C1CNCCN1.COc1cc(C(=O)N2CC[C@]3(C=C(C(=O)O)CC3)Cc3ccccc32)ccc1NC(=O)c1cc(F)ccc1Cl.